The molecule has 0 aliphatic heterocycles. The maximum absolute atomic E-state index is 13.2. The summed E-state index contributed by atoms with van der Waals surface area (Å²) in [5.41, 5.74) is 0.492. The standard InChI is InChI=1S/C16H12FNO3S2/c1-23(20,21)13-5-3-12(4-6-13)18-16(19)15-9-10-8-11(17)2-7-14(10)22-15/h2-9H,1H3,(H,18,19). The number of halogens is 1. The summed E-state index contributed by atoms with van der Waals surface area (Å²) in [5.74, 6) is -0.669. The first-order valence-corrected chi connectivity index (χ1v) is 9.34. The van der Waals surface area contributed by atoms with Crippen molar-refractivity contribution in [2.24, 2.45) is 0 Å². The number of hydrogen-bond donors (Lipinski definition) is 1. The van der Waals surface area contributed by atoms with Gasteiger partial charge in [-0.3, -0.25) is 4.79 Å². The largest absolute Gasteiger partial charge is 0.321 e. The second kappa shape index (κ2) is 5.75. The number of sulfone groups is 1. The highest BCUT2D eigenvalue weighted by Crippen LogP contribution is 2.27. The molecule has 0 radical (unpaired) electrons. The zero-order chi connectivity index (χ0) is 16.6. The van der Waals surface area contributed by atoms with Gasteiger partial charge < -0.3 is 5.32 Å². The molecule has 7 heteroatoms. The Hall–Kier alpha value is -2.25. The van der Waals surface area contributed by atoms with Crippen LogP contribution in [0.4, 0.5) is 10.1 Å². The lowest BCUT2D eigenvalue weighted by Crippen LogP contribution is -2.10. The normalized spacial score (nSPS) is 11.6. The molecule has 0 aliphatic carbocycles. The van der Waals surface area contributed by atoms with Crippen LogP contribution < -0.4 is 5.32 Å². The molecular weight excluding hydrogens is 337 g/mol. The molecule has 0 unspecified atom stereocenters. The second-order valence-electron chi connectivity index (χ2n) is 5.04. The van der Waals surface area contributed by atoms with Crippen molar-refractivity contribution in [1.82, 2.24) is 0 Å². The van der Waals surface area contributed by atoms with Crippen molar-refractivity contribution in [2.75, 3.05) is 11.6 Å². The maximum atomic E-state index is 13.2. The van der Waals surface area contributed by atoms with Crippen molar-refractivity contribution in [1.29, 1.82) is 0 Å². The van der Waals surface area contributed by atoms with E-state index < -0.39 is 9.84 Å². The molecule has 1 amide bonds. The van der Waals surface area contributed by atoms with Crippen LogP contribution in [0.2, 0.25) is 0 Å². The molecule has 23 heavy (non-hydrogen) atoms. The van der Waals surface area contributed by atoms with Gasteiger partial charge in [-0.15, -0.1) is 11.3 Å². The Morgan fingerprint density at radius 1 is 1.09 bits per heavy atom. The van der Waals surface area contributed by atoms with Crippen LogP contribution in [0.5, 0.6) is 0 Å². The minimum Gasteiger partial charge on any atom is -0.321 e. The van der Waals surface area contributed by atoms with Crippen LogP contribution in [0.3, 0.4) is 0 Å². The number of amides is 1. The summed E-state index contributed by atoms with van der Waals surface area (Å²) in [6, 6.07) is 11.9. The Morgan fingerprint density at radius 3 is 2.43 bits per heavy atom. The zero-order valence-electron chi connectivity index (χ0n) is 12.0. The molecule has 1 heterocycles. The summed E-state index contributed by atoms with van der Waals surface area (Å²) in [6.45, 7) is 0. The van der Waals surface area contributed by atoms with E-state index in [1.807, 2.05) is 0 Å². The fourth-order valence-electron chi connectivity index (χ4n) is 2.10. The fourth-order valence-corrected chi connectivity index (χ4v) is 3.67. The SMILES string of the molecule is CS(=O)(=O)c1ccc(NC(=O)c2cc3cc(F)ccc3s2)cc1. The minimum atomic E-state index is -3.27. The number of nitrogens with one attached hydrogen (secondary N) is 1. The van der Waals surface area contributed by atoms with E-state index >= 15 is 0 Å². The van der Waals surface area contributed by atoms with E-state index in [0.717, 1.165) is 11.0 Å². The number of rotatable bonds is 3. The molecule has 0 saturated heterocycles. The van der Waals surface area contributed by atoms with Crippen LogP contribution in [0.25, 0.3) is 10.1 Å². The summed E-state index contributed by atoms with van der Waals surface area (Å²) in [7, 11) is -3.27. The maximum Gasteiger partial charge on any atom is 0.265 e. The number of carbonyl (C=O) groups excluding carboxylic acids is 1. The number of carbonyl (C=O) groups is 1. The van der Waals surface area contributed by atoms with E-state index in [-0.39, 0.29) is 16.6 Å². The molecule has 3 aromatic rings. The molecule has 0 saturated carbocycles. The third-order valence-corrected chi connectivity index (χ3v) is 5.49. The van der Waals surface area contributed by atoms with E-state index in [1.54, 1.807) is 12.1 Å². The first kappa shape index (κ1) is 15.6. The lowest BCUT2D eigenvalue weighted by Gasteiger charge is -2.04. The highest BCUT2D eigenvalue weighted by atomic mass is 32.2. The van der Waals surface area contributed by atoms with Crippen LogP contribution >= 0.6 is 11.3 Å². The molecule has 0 atom stereocenters. The van der Waals surface area contributed by atoms with Crippen molar-refractivity contribution in [3.8, 4) is 0 Å². The molecular formula is C16H12FNO3S2. The Balaban J connectivity index is 1.82. The van der Waals surface area contributed by atoms with E-state index in [2.05, 4.69) is 5.32 Å². The molecule has 0 bridgehead atoms. The lowest BCUT2D eigenvalue weighted by atomic mass is 10.2. The van der Waals surface area contributed by atoms with Gasteiger partial charge in [0.15, 0.2) is 9.84 Å². The van der Waals surface area contributed by atoms with Crippen molar-refractivity contribution >= 4 is 42.9 Å². The smallest absolute Gasteiger partial charge is 0.265 e. The molecule has 1 N–H and O–H groups in total. The summed E-state index contributed by atoms with van der Waals surface area (Å²) in [5, 5.41) is 3.37. The van der Waals surface area contributed by atoms with Gasteiger partial charge in [-0.25, -0.2) is 12.8 Å². The van der Waals surface area contributed by atoms with Crippen molar-refractivity contribution in [3.63, 3.8) is 0 Å². The average molecular weight is 349 g/mol. The summed E-state index contributed by atoms with van der Waals surface area (Å²) in [6.07, 6.45) is 1.12. The van der Waals surface area contributed by atoms with E-state index in [4.69, 9.17) is 0 Å². The van der Waals surface area contributed by atoms with Crippen LogP contribution in [0.15, 0.2) is 53.4 Å². The van der Waals surface area contributed by atoms with Gasteiger partial charge in [-0.2, -0.15) is 0 Å². The van der Waals surface area contributed by atoms with Gasteiger partial charge in [0.05, 0.1) is 9.77 Å². The number of thiophene rings is 1. The lowest BCUT2D eigenvalue weighted by molar-refractivity contribution is 0.103. The summed E-state index contributed by atoms with van der Waals surface area (Å²) >= 11 is 1.27. The van der Waals surface area contributed by atoms with Gasteiger partial charge in [0, 0.05) is 16.6 Å². The molecule has 118 valence electrons. The van der Waals surface area contributed by atoms with Crippen molar-refractivity contribution < 1.29 is 17.6 Å². The van der Waals surface area contributed by atoms with Gasteiger partial charge in [0.1, 0.15) is 5.82 Å². The summed E-state index contributed by atoms with van der Waals surface area (Å²) < 4.78 is 36.8. The van der Waals surface area contributed by atoms with Crippen LogP contribution in [0.1, 0.15) is 9.67 Å². The third kappa shape index (κ3) is 3.40. The van der Waals surface area contributed by atoms with Crippen LogP contribution in [-0.2, 0) is 9.84 Å². The third-order valence-electron chi connectivity index (χ3n) is 3.24. The van der Waals surface area contributed by atoms with Crippen LogP contribution in [0, 0.1) is 5.82 Å². The molecule has 2 aromatic carbocycles. The van der Waals surface area contributed by atoms with Crippen molar-refractivity contribution in [3.05, 3.63) is 59.2 Å². The molecule has 3 rings (SSSR count). The first-order valence-electron chi connectivity index (χ1n) is 6.63. The Kier molecular flexibility index (Phi) is 3.91. The quantitative estimate of drug-likeness (QED) is 0.784. The molecule has 1 aromatic heterocycles. The summed E-state index contributed by atoms with van der Waals surface area (Å²) in [4.78, 5) is 12.9. The minimum absolute atomic E-state index is 0.188. The van der Waals surface area contributed by atoms with E-state index in [0.29, 0.717) is 16.0 Å². The highest BCUT2D eigenvalue weighted by molar-refractivity contribution is 7.90. The predicted molar refractivity (Wildman–Crippen MR) is 89.3 cm³/mol. The highest BCUT2D eigenvalue weighted by Gasteiger charge is 2.12. The van der Waals surface area contributed by atoms with Gasteiger partial charge in [-0.05, 0) is 53.9 Å². The van der Waals surface area contributed by atoms with Gasteiger partial charge >= 0.3 is 0 Å². The predicted octanol–water partition coefficient (Wildman–Crippen LogP) is 3.70. The first-order chi connectivity index (χ1) is 10.8. The van der Waals surface area contributed by atoms with Gasteiger partial charge in [0.2, 0.25) is 0 Å². The molecule has 0 spiro atoms. The molecule has 0 fully saturated rings. The van der Waals surface area contributed by atoms with Gasteiger partial charge in [-0.1, -0.05) is 0 Å². The topological polar surface area (TPSA) is 63.2 Å². The number of anilines is 1. The van der Waals surface area contributed by atoms with Crippen molar-refractivity contribution in [2.45, 2.75) is 4.90 Å². The fraction of sp³-hybridized carbons (Fsp3) is 0.0625. The number of fused-ring (bicyclic) bond motifs is 1. The van der Waals surface area contributed by atoms with Crippen LogP contribution in [-0.4, -0.2) is 20.6 Å². The van der Waals surface area contributed by atoms with Gasteiger partial charge in [0.25, 0.3) is 5.91 Å². The monoisotopic (exact) mass is 349 g/mol. The number of hydrogen-bond acceptors (Lipinski definition) is 4. The Bertz CT molecular complexity index is 992. The Morgan fingerprint density at radius 2 is 1.78 bits per heavy atom. The van der Waals surface area contributed by atoms with E-state index in [9.17, 15) is 17.6 Å². The zero-order valence-corrected chi connectivity index (χ0v) is 13.7. The molecule has 4 nitrogen and oxygen atoms in total. The Labute approximate surface area is 136 Å². The van der Waals surface area contributed by atoms with E-state index in [1.165, 1.54) is 47.7 Å². The molecule has 0 aliphatic rings. The average Bonchev–Trinajstić information content (AvgIpc) is 2.90. The second-order valence-corrected chi connectivity index (χ2v) is 8.14. The number of benzene rings is 2.